The van der Waals surface area contributed by atoms with E-state index in [-0.39, 0.29) is 24.2 Å². The Labute approximate surface area is 177 Å². The summed E-state index contributed by atoms with van der Waals surface area (Å²) in [6.45, 7) is 6.16. The van der Waals surface area contributed by atoms with Crippen LogP contribution in [0.4, 0.5) is 16.0 Å². The van der Waals surface area contributed by atoms with Gasteiger partial charge in [-0.2, -0.15) is 0 Å². The average molecular weight is 412 g/mol. The maximum absolute atomic E-state index is 13.7. The first-order chi connectivity index (χ1) is 14.6. The lowest BCUT2D eigenvalue weighted by molar-refractivity contribution is -0.125. The Bertz CT molecular complexity index is 843. The van der Waals surface area contributed by atoms with Gasteiger partial charge in [0.2, 0.25) is 5.91 Å². The van der Waals surface area contributed by atoms with E-state index in [9.17, 15) is 9.18 Å². The SMILES string of the molecule is CC1CCN(c2ccc(N3CCC(C(=O)NCc4ccccc4F)CC3)nn2)CC1. The minimum Gasteiger partial charge on any atom is -0.355 e. The largest absolute Gasteiger partial charge is 0.355 e. The highest BCUT2D eigenvalue weighted by Gasteiger charge is 2.26. The van der Waals surface area contributed by atoms with E-state index >= 15 is 0 Å². The van der Waals surface area contributed by atoms with Crippen LogP contribution in [0.3, 0.4) is 0 Å². The van der Waals surface area contributed by atoms with Gasteiger partial charge in [0.25, 0.3) is 0 Å². The van der Waals surface area contributed by atoms with Crippen LogP contribution in [0.1, 0.15) is 38.2 Å². The maximum atomic E-state index is 13.7. The fraction of sp³-hybridized carbons (Fsp3) is 0.522. The summed E-state index contributed by atoms with van der Waals surface area (Å²) >= 11 is 0. The van der Waals surface area contributed by atoms with Gasteiger partial charge < -0.3 is 15.1 Å². The molecule has 160 valence electrons. The summed E-state index contributed by atoms with van der Waals surface area (Å²) in [5.74, 6) is 2.28. The number of nitrogens with one attached hydrogen (secondary N) is 1. The number of carbonyl (C=O) groups excluding carboxylic acids is 1. The monoisotopic (exact) mass is 411 g/mol. The molecule has 4 rings (SSSR count). The number of amides is 1. The fourth-order valence-corrected chi connectivity index (χ4v) is 4.23. The van der Waals surface area contributed by atoms with Crippen molar-refractivity contribution in [1.29, 1.82) is 0 Å². The highest BCUT2D eigenvalue weighted by atomic mass is 19.1. The minimum atomic E-state index is -0.284. The molecule has 7 heteroatoms. The van der Waals surface area contributed by atoms with Gasteiger partial charge in [0.15, 0.2) is 11.6 Å². The van der Waals surface area contributed by atoms with Gasteiger partial charge in [0.05, 0.1) is 0 Å². The number of piperidine rings is 2. The predicted molar refractivity (Wildman–Crippen MR) is 116 cm³/mol. The van der Waals surface area contributed by atoms with Gasteiger partial charge in [-0.15, -0.1) is 10.2 Å². The molecule has 1 aromatic carbocycles. The zero-order chi connectivity index (χ0) is 20.9. The highest BCUT2D eigenvalue weighted by Crippen LogP contribution is 2.25. The molecule has 0 bridgehead atoms. The highest BCUT2D eigenvalue weighted by molar-refractivity contribution is 5.79. The Hall–Kier alpha value is -2.70. The van der Waals surface area contributed by atoms with Gasteiger partial charge in [-0.25, -0.2) is 4.39 Å². The van der Waals surface area contributed by atoms with Crippen LogP contribution < -0.4 is 15.1 Å². The molecule has 0 saturated carbocycles. The Morgan fingerprint density at radius 1 is 0.967 bits per heavy atom. The molecule has 2 aliphatic rings. The van der Waals surface area contributed by atoms with Crippen LogP contribution in [0.2, 0.25) is 0 Å². The normalized spacial score (nSPS) is 18.5. The van der Waals surface area contributed by atoms with E-state index in [1.165, 1.54) is 18.9 Å². The number of carbonyl (C=O) groups is 1. The first-order valence-corrected chi connectivity index (χ1v) is 10.9. The smallest absolute Gasteiger partial charge is 0.223 e. The van der Waals surface area contributed by atoms with Gasteiger partial charge in [0.1, 0.15) is 5.82 Å². The van der Waals surface area contributed by atoms with E-state index in [4.69, 9.17) is 0 Å². The number of benzene rings is 1. The van der Waals surface area contributed by atoms with Crippen molar-refractivity contribution in [2.24, 2.45) is 11.8 Å². The lowest BCUT2D eigenvalue weighted by Gasteiger charge is -2.33. The Kier molecular flexibility index (Phi) is 6.45. The van der Waals surface area contributed by atoms with Crippen LogP contribution in [0.5, 0.6) is 0 Å². The van der Waals surface area contributed by atoms with E-state index in [0.29, 0.717) is 5.56 Å². The van der Waals surface area contributed by atoms with E-state index in [1.807, 2.05) is 6.07 Å². The number of nitrogens with zero attached hydrogens (tertiary/aromatic N) is 4. The van der Waals surface area contributed by atoms with Gasteiger partial charge in [-0.05, 0) is 49.8 Å². The molecule has 2 aromatic rings. The van der Waals surface area contributed by atoms with Crippen molar-refractivity contribution >= 4 is 17.5 Å². The average Bonchev–Trinajstić information content (AvgIpc) is 2.79. The molecular formula is C23H30FN5O. The number of rotatable bonds is 5. The standard InChI is InChI=1S/C23H30FN5O/c1-17-8-12-28(13-9-17)21-6-7-22(27-26-21)29-14-10-18(11-15-29)23(30)25-16-19-4-2-3-5-20(19)24/h2-7,17-18H,8-16H2,1H3,(H,25,30). The molecule has 0 spiro atoms. The first-order valence-electron chi connectivity index (χ1n) is 10.9. The third kappa shape index (κ3) is 4.89. The topological polar surface area (TPSA) is 61.4 Å². The van der Waals surface area contributed by atoms with Crippen molar-refractivity contribution in [2.75, 3.05) is 36.0 Å². The summed E-state index contributed by atoms with van der Waals surface area (Å²) < 4.78 is 13.7. The molecule has 1 aromatic heterocycles. The molecule has 0 atom stereocenters. The van der Waals surface area contributed by atoms with Crippen LogP contribution in [0.25, 0.3) is 0 Å². The van der Waals surface area contributed by atoms with Crippen molar-refractivity contribution in [1.82, 2.24) is 15.5 Å². The summed E-state index contributed by atoms with van der Waals surface area (Å²) in [5, 5.41) is 11.8. The molecule has 0 aliphatic carbocycles. The minimum absolute atomic E-state index is 0.00124. The van der Waals surface area contributed by atoms with Gasteiger partial charge in [-0.1, -0.05) is 25.1 Å². The van der Waals surface area contributed by atoms with Crippen molar-refractivity contribution in [3.05, 3.63) is 47.8 Å². The first kappa shape index (κ1) is 20.6. The second-order valence-electron chi connectivity index (χ2n) is 8.49. The fourth-order valence-electron chi connectivity index (χ4n) is 4.23. The molecule has 0 radical (unpaired) electrons. The van der Waals surface area contributed by atoms with Crippen LogP contribution in [0, 0.1) is 17.7 Å². The van der Waals surface area contributed by atoms with Crippen LogP contribution >= 0.6 is 0 Å². The van der Waals surface area contributed by atoms with Gasteiger partial charge >= 0.3 is 0 Å². The van der Waals surface area contributed by atoms with E-state index in [2.05, 4.69) is 38.3 Å². The number of hydrogen-bond acceptors (Lipinski definition) is 5. The van der Waals surface area contributed by atoms with Crippen molar-refractivity contribution in [3.63, 3.8) is 0 Å². The molecule has 2 aliphatic heterocycles. The summed E-state index contributed by atoms with van der Waals surface area (Å²) in [7, 11) is 0. The van der Waals surface area contributed by atoms with E-state index in [1.54, 1.807) is 18.2 Å². The molecule has 0 unspecified atom stereocenters. The van der Waals surface area contributed by atoms with E-state index < -0.39 is 0 Å². The zero-order valence-electron chi connectivity index (χ0n) is 17.6. The Morgan fingerprint density at radius 3 is 2.10 bits per heavy atom. The number of hydrogen-bond donors (Lipinski definition) is 1. The van der Waals surface area contributed by atoms with Gasteiger partial charge in [-0.3, -0.25) is 4.79 Å². The Balaban J connectivity index is 1.26. The van der Waals surface area contributed by atoms with Crippen molar-refractivity contribution in [3.8, 4) is 0 Å². The lowest BCUT2D eigenvalue weighted by atomic mass is 9.96. The van der Waals surface area contributed by atoms with Gasteiger partial charge in [0, 0.05) is 44.2 Å². The van der Waals surface area contributed by atoms with Crippen LogP contribution in [-0.4, -0.2) is 42.3 Å². The molecule has 30 heavy (non-hydrogen) atoms. The molecule has 6 nitrogen and oxygen atoms in total. The predicted octanol–water partition coefficient (Wildman–Crippen LogP) is 3.38. The summed E-state index contributed by atoms with van der Waals surface area (Å²) in [4.78, 5) is 17.0. The molecule has 1 N–H and O–H groups in total. The number of anilines is 2. The third-order valence-corrected chi connectivity index (χ3v) is 6.34. The summed E-state index contributed by atoms with van der Waals surface area (Å²) in [5.41, 5.74) is 0.516. The second kappa shape index (κ2) is 9.41. The lowest BCUT2D eigenvalue weighted by Crippen LogP contribution is -2.41. The zero-order valence-corrected chi connectivity index (χ0v) is 17.6. The van der Waals surface area contributed by atoms with Crippen molar-refractivity contribution in [2.45, 2.75) is 39.2 Å². The molecular weight excluding hydrogens is 381 g/mol. The van der Waals surface area contributed by atoms with Crippen LogP contribution in [0.15, 0.2) is 36.4 Å². The van der Waals surface area contributed by atoms with E-state index in [0.717, 1.165) is 56.6 Å². The maximum Gasteiger partial charge on any atom is 0.223 e. The summed E-state index contributed by atoms with van der Waals surface area (Å²) in [6, 6.07) is 10.6. The Morgan fingerprint density at radius 2 is 1.53 bits per heavy atom. The number of aromatic nitrogens is 2. The summed E-state index contributed by atoms with van der Waals surface area (Å²) in [6.07, 6.45) is 3.93. The molecule has 1 amide bonds. The molecule has 3 heterocycles. The molecule has 2 fully saturated rings. The second-order valence-corrected chi connectivity index (χ2v) is 8.49. The van der Waals surface area contributed by atoms with Crippen LogP contribution in [-0.2, 0) is 11.3 Å². The molecule has 2 saturated heterocycles. The van der Waals surface area contributed by atoms with Crippen molar-refractivity contribution < 1.29 is 9.18 Å². The quantitative estimate of drug-likeness (QED) is 0.817. The third-order valence-electron chi connectivity index (χ3n) is 6.34. The number of halogens is 1.